The predicted molar refractivity (Wildman–Crippen MR) is 87.9 cm³/mol. The number of aromatic nitrogens is 2. The molecule has 1 N–H and O–H groups in total. The molecule has 0 aliphatic rings. The molecule has 0 atom stereocenters. The van der Waals surface area contributed by atoms with E-state index >= 15 is 0 Å². The van der Waals surface area contributed by atoms with Crippen LogP contribution in [-0.2, 0) is 0 Å². The maximum absolute atomic E-state index is 5.92. The summed E-state index contributed by atoms with van der Waals surface area (Å²) in [7, 11) is 0. The van der Waals surface area contributed by atoms with Crippen LogP contribution in [0, 0.1) is 5.41 Å². The molecule has 4 nitrogen and oxygen atoms in total. The zero-order valence-electron chi connectivity index (χ0n) is 13.4. The Morgan fingerprint density at radius 2 is 1.90 bits per heavy atom. The van der Waals surface area contributed by atoms with Crippen molar-refractivity contribution in [3.05, 3.63) is 24.3 Å². The maximum Gasteiger partial charge on any atom is 0.226 e. The van der Waals surface area contributed by atoms with Gasteiger partial charge in [0, 0.05) is 6.54 Å². The van der Waals surface area contributed by atoms with Gasteiger partial charge in [0.1, 0.15) is 0 Å². The van der Waals surface area contributed by atoms with Crippen LogP contribution in [-0.4, -0.2) is 23.1 Å². The Kier molecular flexibility index (Phi) is 4.99. The molecule has 114 valence electrons. The van der Waals surface area contributed by atoms with E-state index in [1.807, 2.05) is 24.3 Å². The summed E-state index contributed by atoms with van der Waals surface area (Å²) in [5, 5.41) is 4.20. The minimum Gasteiger partial charge on any atom is -0.477 e. The van der Waals surface area contributed by atoms with Crippen LogP contribution in [0.3, 0.4) is 0 Å². The van der Waals surface area contributed by atoms with Gasteiger partial charge < -0.3 is 10.1 Å². The first-order valence-corrected chi connectivity index (χ1v) is 7.63. The Hall–Kier alpha value is -1.84. The molecule has 0 aliphatic carbocycles. The first-order chi connectivity index (χ1) is 9.99. The largest absolute Gasteiger partial charge is 0.477 e. The van der Waals surface area contributed by atoms with Gasteiger partial charge in [-0.25, -0.2) is 4.98 Å². The van der Waals surface area contributed by atoms with E-state index in [0.717, 1.165) is 30.3 Å². The fourth-order valence-electron chi connectivity index (χ4n) is 1.93. The number of ether oxygens (including phenoxy) is 1. The number of fused-ring (bicyclic) bond motifs is 1. The molecule has 1 aromatic heterocycles. The summed E-state index contributed by atoms with van der Waals surface area (Å²) in [6, 6.07) is 7.97. The van der Waals surface area contributed by atoms with Crippen molar-refractivity contribution in [3.63, 3.8) is 0 Å². The van der Waals surface area contributed by atoms with Crippen molar-refractivity contribution < 1.29 is 4.74 Å². The van der Waals surface area contributed by atoms with E-state index < -0.39 is 0 Å². The summed E-state index contributed by atoms with van der Waals surface area (Å²) in [5.41, 5.74) is 1.17. The zero-order chi connectivity index (χ0) is 15.3. The highest BCUT2D eigenvalue weighted by atomic mass is 16.5. The van der Waals surface area contributed by atoms with Gasteiger partial charge in [-0.1, -0.05) is 39.8 Å². The second kappa shape index (κ2) is 6.74. The quantitative estimate of drug-likeness (QED) is 0.862. The molecule has 0 spiro atoms. The summed E-state index contributed by atoms with van der Waals surface area (Å²) >= 11 is 0. The van der Waals surface area contributed by atoms with Crippen LogP contribution in [0.15, 0.2) is 24.3 Å². The van der Waals surface area contributed by atoms with E-state index in [2.05, 4.69) is 43.0 Å². The molecule has 0 radical (unpaired) electrons. The number of benzene rings is 1. The fourth-order valence-corrected chi connectivity index (χ4v) is 1.93. The van der Waals surface area contributed by atoms with Gasteiger partial charge in [0.2, 0.25) is 11.8 Å². The van der Waals surface area contributed by atoms with Gasteiger partial charge in [-0.15, -0.1) is 0 Å². The lowest BCUT2D eigenvalue weighted by Gasteiger charge is -2.18. The van der Waals surface area contributed by atoms with Gasteiger partial charge in [0.05, 0.1) is 17.5 Å². The zero-order valence-corrected chi connectivity index (χ0v) is 13.4. The Bertz CT molecular complexity index is 590. The normalized spacial score (nSPS) is 11.6. The monoisotopic (exact) mass is 287 g/mol. The number of anilines is 1. The molecule has 0 aliphatic heterocycles. The highest BCUT2D eigenvalue weighted by molar-refractivity contribution is 5.84. The van der Waals surface area contributed by atoms with Crippen LogP contribution >= 0.6 is 0 Å². The van der Waals surface area contributed by atoms with Crippen molar-refractivity contribution in [3.8, 4) is 5.88 Å². The highest BCUT2D eigenvalue weighted by Crippen LogP contribution is 2.25. The summed E-state index contributed by atoms with van der Waals surface area (Å²) in [4.78, 5) is 9.04. The summed E-state index contributed by atoms with van der Waals surface area (Å²) in [6.45, 7) is 10.3. The number of nitrogens with zero attached hydrogens (tertiary/aromatic N) is 2. The molecule has 1 aromatic carbocycles. The molecule has 0 bridgehead atoms. The highest BCUT2D eigenvalue weighted by Gasteiger charge is 2.12. The van der Waals surface area contributed by atoms with Crippen LogP contribution in [0.1, 0.15) is 40.5 Å². The van der Waals surface area contributed by atoms with Gasteiger partial charge in [-0.3, -0.25) is 0 Å². The van der Waals surface area contributed by atoms with Crippen LogP contribution < -0.4 is 10.1 Å². The molecular weight excluding hydrogens is 262 g/mol. The van der Waals surface area contributed by atoms with Crippen molar-refractivity contribution in [2.24, 2.45) is 5.41 Å². The number of para-hydroxylation sites is 1. The number of rotatable bonds is 6. The molecule has 0 saturated heterocycles. The topological polar surface area (TPSA) is 47.0 Å². The molecule has 0 fully saturated rings. The van der Waals surface area contributed by atoms with E-state index in [1.54, 1.807) is 0 Å². The molecule has 0 saturated carbocycles. The van der Waals surface area contributed by atoms with Crippen molar-refractivity contribution in [2.45, 2.75) is 40.5 Å². The lowest BCUT2D eigenvalue weighted by atomic mass is 9.93. The second-order valence-electron chi connectivity index (χ2n) is 6.46. The number of hydrogen-bond donors (Lipinski definition) is 1. The van der Waals surface area contributed by atoms with E-state index in [0.29, 0.717) is 18.4 Å². The maximum atomic E-state index is 5.92. The van der Waals surface area contributed by atoms with E-state index in [1.165, 1.54) is 0 Å². The van der Waals surface area contributed by atoms with Crippen molar-refractivity contribution >= 4 is 16.9 Å². The first kappa shape index (κ1) is 15.5. The van der Waals surface area contributed by atoms with Crippen molar-refractivity contribution in [1.82, 2.24) is 9.97 Å². The minimum atomic E-state index is 0.256. The average molecular weight is 287 g/mol. The summed E-state index contributed by atoms with van der Waals surface area (Å²) in [6.07, 6.45) is 2.03. The van der Waals surface area contributed by atoms with Gasteiger partial charge in [-0.05, 0) is 30.4 Å². The third kappa shape index (κ3) is 4.59. The Balaban J connectivity index is 2.22. The molecule has 0 amide bonds. The molecule has 0 unspecified atom stereocenters. The molecular formula is C17H25N3O. The summed E-state index contributed by atoms with van der Waals surface area (Å²) in [5.74, 6) is 1.31. The third-order valence-electron chi connectivity index (χ3n) is 3.19. The van der Waals surface area contributed by atoms with Crippen LogP contribution in [0.25, 0.3) is 10.9 Å². The molecule has 4 heteroatoms. The van der Waals surface area contributed by atoms with Gasteiger partial charge in [-0.2, -0.15) is 4.98 Å². The molecule has 1 heterocycles. The van der Waals surface area contributed by atoms with Crippen molar-refractivity contribution in [2.75, 3.05) is 18.5 Å². The van der Waals surface area contributed by atoms with Gasteiger partial charge in [0.15, 0.2) is 0 Å². The third-order valence-corrected chi connectivity index (χ3v) is 3.19. The van der Waals surface area contributed by atoms with E-state index in [-0.39, 0.29) is 5.41 Å². The van der Waals surface area contributed by atoms with E-state index in [4.69, 9.17) is 4.74 Å². The Morgan fingerprint density at radius 3 is 2.62 bits per heavy atom. The second-order valence-corrected chi connectivity index (χ2v) is 6.46. The average Bonchev–Trinajstić information content (AvgIpc) is 2.43. The van der Waals surface area contributed by atoms with Crippen LogP contribution in [0.2, 0.25) is 0 Å². The smallest absolute Gasteiger partial charge is 0.226 e. The van der Waals surface area contributed by atoms with Crippen LogP contribution in [0.5, 0.6) is 5.88 Å². The number of hydrogen-bond acceptors (Lipinski definition) is 4. The first-order valence-electron chi connectivity index (χ1n) is 7.63. The molecule has 21 heavy (non-hydrogen) atoms. The van der Waals surface area contributed by atoms with Crippen molar-refractivity contribution in [1.29, 1.82) is 0 Å². The van der Waals surface area contributed by atoms with Crippen LogP contribution in [0.4, 0.5) is 5.95 Å². The standard InChI is InChI=1S/C17H25N3O/c1-5-11-18-16-19-14-9-7-6-8-13(14)15(20-16)21-12-10-17(2,3)4/h6-9H,5,10-12H2,1-4H3,(H,18,19,20). The predicted octanol–water partition coefficient (Wildman–Crippen LogP) is 4.27. The number of nitrogens with one attached hydrogen (secondary N) is 1. The molecule has 2 rings (SSSR count). The minimum absolute atomic E-state index is 0.256. The lowest BCUT2D eigenvalue weighted by molar-refractivity contribution is 0.239. The Morgan fingerprint density at radius 1 is 1.14 bits per heavy atom. The molecule has 2 aromatic rings. The van der Waals surface area contributed by atoms with Gasteiger partial charge >= 0.3 is 0 Å². The van der Waals surface area contributed by atoms with E-state index in [9.17, 15) is 0 Å². The van der Waals surface area contributed by atoms with Gasteiger partial charge in [0.25, 0.3) is 0 Å². The Labute approximate surface area is 127 Å². The SMILES string of the molecule is CCCNc1nc(OCCC(C)(C)C)c2ccccc2n1. The lowest BCUT2D eigenvalue weighted by Crippen LogP contribution is -2.12. The summed E-state index contributed by atoms with van der Waals surface area (Å²) < 4.78 is 5.92. The fraction of sp³-hybridized carbons (Fsp3) is 0.529.